The second-order valence-electron chi connectivity index (χ2n) is 5.94. The van der Waals surface area contributed by atoms with Gasteiger partial charge in [-0.2, -0.15) is 5.26 Å². The molecule has 0 atom stereocenters. The van der Waals surface area contributed by atoms with Crippen LogP contribution in [0, 0.1) is 17.2 Å². The first-order chi connectivity index (χ1) is 12.1. The van der Waals surface area contributed by atoms with Crippen LogP contribution in [0.1, 0.15) is 19.8 Å². The summed E-state index contributed by atoms with van der Waals surface area (Å²) in [5, 5.41) is 11.7. The lowest BCUT2D eigenvalue weighted by molar-refractivity contribution is -0.897. The normalized spacial score (nSPS) is 19.7. The number of piperidine rings is 1. The number of esters is 1. The summed E-state index contributed by atoms with van der Waals surface area (Å²) in [6.07, 6.45) is 1.52. The van der Waals surface area contributed by atoms with E-state index in [9.17, 15) is 9.59 Å². The van der Waals surface area contributed by atoms with Crippen LogP contribution in [0.5, 0.6) is 0 Å². The molecule has 0 bridgehead atoms. The lowest BCUT2D eigenvalue weighted by Crippen LogP contribution is -3.14. The Morgan fingerprint density at radius 2 is 2.08 bits per heavy atom. The van der Waals surface area contributed by atoms with Crippen molar-refractivity contribution in [3.05, 3.63) is 24.3 Å². The van der Waals surface area contributed by atoms with Crippen LogP contribution in [0.2, 0.25) is 0 Å². The Morgan fingerprint density at radius 1 is 1.36 bits per heavy atom. The number of nitriles is 1. The van der Waals surface area contributed by atoms with Gasteiger partial charge in [-0.1, -0.05) is 12.1 Å². The van der Waals surface area contributed by atoms with Crippen molar-refractivity contribution in [2.24, 2.45) is 5.92 Å². The molecule has 7 heteroatoms. The van der Waals surface area contributed by atoms with E-state index in [1.54, 1.807) is 0 Å². The van der Waals surface area contributed by atoms with Crippen LogP contribution in [0.15, 0.2) is 29.2 Å². The number of nitrogens with zero attached hydrogens (tertiary/aromatic N) is 1. The molecule has 1 aliphatic heterocycles. The number of carbonyl (C=O) groups is 2. The first-order valence-electron chi connectivity index (χ1n) is 8.52. The van der Waals surface area contributed by atoms with Gasteiger partial charge in [-0.15, -0.1) is 11.8 Å². The predicted octanol–water partition coefficient (Wildman–Crippen LogP) is 1.10. The highest BCUT2D eigenvalue weighted by atomic mass is 32.2. The number of ether oxygens (including phenoxy) is 1. The molecule has 134 valence electrons. The molecule has 1 fully saturated rings. The highest BCUT2D eigenvalue weighted by Gasteiger charge is 2.29. The molecule has 1 heterocycles. The molecular formula is C18H24N3O3S+. The number of anilines is 1. The third-order valence-corrected chi connectivity index (χ3v) is 5.12. The second-order valence-corrected chi connectivity index (χ2v) is 6.96. The second kappa shape index (κ2) is 10.1. The number of benzene rings is 1. The third kappa shape index (κ3) is 6.07. The number of nitrogens with one attached hydrogen (secondary N) is 2. The minimum Gasteiger partial charge on any atom is -0.466 e. The van der Waals surface area contributed by atoms with Crippen LogP contribution in [0.3, 0.4) is 0 Å². The number of quaternary nitrogens is 1. The Hall–Kier alpha value is -2.04. The number of carbonyl (C=O) groups excluding carboxylic acids is 2. The lowest BCUT2D eigenvalue weighted by Gasteiger charge is -2.27. The van der Waals surface area contributed by atoms with Gasteiger partial charge in [0.15, 0.2) is 6.54 Å². The average molecular weight is 362 g/mol. The summed E-state index contributed by atoms with van der Waals surface area (Å²) < 4.78 is 5.07. The lowest BCUT2D eigenvalue weighted by atomic mass is 9.97. The molecule has 1 saturated heterocycles. The third-order valence-electron chi connectivity index (χ3n) is 4.18. The van der Waals surface area contributed by atoms with E-state index in [1.807, 2.05) is 31.2 Å². The molecule has 0 aliphatic carbocycles. The van der Waals surface area contributed by atoms with Gasteiger partial charge in [-0.05, 0) is 19.1 Å². The van der Waals surface area contributed by atoms with Crippen molar-refractivity contribution in [1.29, 1.82) is 5.26 Å². The van der Waals surface area contributed by atoms with Gasteiger partial charge in [0.1, 0.15) is 0 Å². The zero-order valence-electron chi connectivity index (χ0n) is 14.4. The van der Waals surface area contributed by atoms with Crippen molar-refractivity contribution in [1.82, 2.24) is 0 Å². The van der Waals surface area contributed by atoms with E-state index in [0.29, 0.717) is 18.9 Å². The zero-order valence-corrected chi connectivity index (χ0v) is 15.2. The van der Waals surface area contributed by atoms with E-state index in [1.165, 1.54) is 16.7 Å². The van der Waals surface area contributed by atoms with E-state index in [-0.39, 0.29) is 17.8 Å². The number of para-hydroxylation sites is 1. The van der Waals surface area contributed by atoms with Crippen molar-refractivity contribution < 1.29 is 19.2 Å². The van der Waals surface area contributed by atoms with Crippen molar-refractivity contribution in [2.75, 3.05) is 37.3 Å². The number of hydrogen-bond donors (Lipinski definition) is 2. The first kappa shape index (κ1) is 19.3. The molecule has 0 saturated carbocycles. The number of amides is 1. The molecule has 1 aromatic carbocycles. The van der Waals surface area contributed by atoms with Gasteiger partial charge in [0.2, 0.25) is 0 Å². The molecule has 0 radical (unpaired) electrons. The average Bonchev–Trinajstić information content (AvgIpc) is 2.61. The summed E-state index contributed by atoms with van der Waals surface area (Å²) in [6.45, 7) is 4.20. The van der Waals surface area contributed by atoms with Crippen LogP contribution in [-0.2, 0) is 14.3 Å². The summed E-state index contributed by atoms with van der Waals surface area (Å²) in [5.74, 6) is 0.151. The van der Waals surface area contributed by atoms with Gasteiger partial charge in [0.05, 0.1) is 43.1 Å². The summed E-state index contributed by atoms with van der Waals surface area (Å²) in [4.78, 5) is 26.2. The first-order valence-corrected chi connectivity index (χ1v) is 9.51. The maximum absolute atomic E-state index is 12.3. The smallest absolute Gasteiger partial charge is 0.309 e. The van der Waals surface area contributed by atoms with Crippen molar-refractivity contribution in [3.8, 4) is 6.07 Å². The monoisotopic (exact) mass is 362 g/mol. The number of hydrogen-bond acceptors (Lipinski definition) is 5. The topological polar surface area (TPSA) is 83.6 Å². The fourth-order valence-electron chi connectivity index (χ4n) is 2.93. The standard InChI is InChI=1S/C18H23N3O3S/c1-2-24-18(23)14-7-10-21(11-8-14)13-17(22)20-15-5-3-4-6-16(15)25-12-9-19/h3-6,14H,2,7-8,10-13H2,1H3,(H,20,22)/p+1. The summed E-state index contributed by atoms with van der Waals surface area (Å²) in [7, 11) is 0. The van der Waals surface area contributed by atoms with Gasteiger partial charge >= 0.3 is 5.97 Å². The van der Waals surface area contributed by atoms with Crippen LogP contribution in [-0.4, -0.2) is 43.9 Å². The highest BCUT2D eigenvalue weighted by molar-refractivity contribution is 7.99. The Kier molecular flexibility index (Phi) is 7.76. The Balaban J connectivity index is 1.82. The van der Waals surface area contributed by atoms with Crippen LogP contribution in [0.4, 0.5) is 5.69 Å². The minimum absolute atomic E-state index is 0.0325. The Morgan fingerprint density at radius 3 is 2.76 bits per heavy atom. The minimum atomic E-state index is -0.116. The SMILES string of the molecule is CCOC(=O)C1CC[NH+](CC(=O)Nc2ccccc2SCC#N)CC1. The summed E-state index contributed by atoms with van der Waals surface area (Å²) in [6, 6.07) is 9.59. The number of likely N-dealkylation sites (tertiary alicyclic amines) is 1. The van der Waals surface area contributed by atoms with E-state index in [2.05, 4.69) is 11.4 Å². The Bertz CT molecular complexity index is 637. The predicted molar refractivity (Wildman–Crippen MR) is 96.3 cm³/mol. The highest BCUT2D eigenvalue weighted by Crippen LogP contribution is 2.26. The van der Waals surface area contributed by atoms with E-state index in [0.717, 1.165) is 36.5 Å². The van der Waals surface area contributed by atoms with Crippen molar-refractivity contribution in [2.45, 2.75) is 24.7 Å². The van der Waals surface area contributed by atoms with Crippen LogP contribution >= 0.6 is 11.8 Å². The molecular weight excluding hydrogens is 338 g/mol. The largest absolute Gasteiger partial charge is 0.466 e. The molecule has 0 unspecified atom stereocenters. The van der Waals surface area contributed by atoms with Gasteiger partial charge in [0, 0.05) is 17.7 Å². The zero-order chi connectivity index (χ0) is 18.1. The van der Waals surface area contributed by atoms with Crippen LogP contribution < -0.4 is 10.2 Å². The molecule has 1 aromatic rings. The van der Waals surface area contributed by atoms with Crippen molar-refractivity contribution in [3.63, 3.8) is 0 Å². The molecule has 0 spiro atoms. The van der Waals surface area contributed by atoms with E-state index in [4.69, 9.17) is 10.00 Å². The Labute approximate surface area is 152 Å². The van der Waals surface area contributed by atoms with Gasteiger partial charge < -0.3 is 15.0 Å². The number of rotatable bonds is 7. The van der Waals surface area contributed by atoms with E-state index >= 15 is 0 Å². The fraction of sp³-hybridized carbons (Fsp3) is 0.500. The molecule has 2 N–H and O–H groups in total. The molecule has 0 aromatic heterocycles. The van der Waals surface area contributed by atoms with Gasteiger partial charge in [-0.3, -0.25) is 9.59 Å². The van der Waals surface area contributed by atoms with E-state index < -0.39 is 0 Å². The van der Waals surface area contributed by atoms with Gasteiger partial charge in [0.25, 0.3) is 5.91 Å². The molecule has 25 heavy (non-hydrogen) atoms. The quantitative estimate of drug-likeness (QED) is 0.561. The maximum atomic E-state index is 12.3. The maximum Gasteiger partial charge on any atom is 0.309 e. The molecule has 6 nitrogen and oxygen atoms in total. The van der Waals surface area contributed by atoms with Gasteiger partial charge in [-0.25, -0.2) is 0 Å². The molecule has 2 rings (SSSR count). The molecule has 1 aliphatic rings. The number of thioether (sulfide) groups is 1. The van der Waals surface area contributed by atoms with Crippen molar-refractivity contribution >= 4 is 29.3 Å². The summed E-state index contributed by atoms with van der Waals surface area (Å²) >= 11 is 1.41. The fourth-order valence-corrected chi connectivity index (χ4v) is 3.60. The summed E-state index contributed by atoms with van der Waals surface area (Å²) in [5.41, 5.74) is 0.744. The van der Waals surface area contributed by atoms with Crippen LogP contribution in [0.25, 0.3) is 0 Å². The molecule has 1 amide bonds.